The van der Waals surface area contributed by atoms with E-state index in [0.29, 0.717) is 0 Å². The lowest BCUT2D eigenvalue weighted by atomic mass is 10.2. The third-order valence-corrected chi connectivity index (χ3v) is 3.27. The van der Waals surface area contributed by atoms with Gasteiger partial charge in [0.1, 0.15) is 5.82 Å². The van der Waals surface area contributed by atoms with Crippen LogP contribution in [-0.4, -0.2) is 18.1 Å². The maximum atomic E-state index is 4.36. The molecule has 1 aromatic carbocycles. The highest BCUT2D eigenvalue weighted by molar-refractivity contribution is 5.65. The Balaban J connectivity index is 2.24. The molecule has 0 saturated heterocycles. The average Bonchev–Trinajstić information content (AvgIpc) is 2.48. The Morgan fingerprint density at radius 3 is 2.45 bits per heavy atom. The van der Waals surface area contributed by atoms with Gasteiger partial charge in [-0.05, 0) is 38.5 Å². The molecule has 1 aromatic heterocycles. The van der Waals surface area contributed by atoms with Crippen molar-refractivity contribution in [3.63, 3.8) is 0 Å². The van der Waals surface area contributed by atoms with Crippen molar-refractivity contribution in [2.24, 2.45) is 0 Å². The lowest BCUT2D eigenvalue weighted by molar-refractivity contribution is 0.966. The van der Waals surface area contributed by atoms with Crippen LogP contribution in [0.4, 0.5) is 17.2 Å². The van der Waals surface area contributed by atoms with Crippen molar-refractivity contribution in [3.8, 4) is 0 Å². The first-order valence-electron chi connectivity index (χ1n) is 7.28. The summed E-state index contributed by atoms with van der Waals surface area (Å²) in [6, 6.07) is 12.8. The van der Waals surface area contributed by atoms with Crippen LogP contribution >= 0.6 is 0 Å². The van der Waals surface area contributed by atoms with E-state index in [0.717, 1.165) is 25.3 Å². The van der Waals surface area contributed by atoms with Crippen LogP contribution in [0.2, 0.25) is 0 Å². The Morgan fingerprint density at radius 2 is 1.80 bits per heavy atom. The van der Waals surface area contributed by atoms with E-state index in [1.807, 2.05) is 6.20 Å². The van der Waals surface area contributed by atoms with Gasteiger partial charge in [0.2, 0.25) is 0 Å². The maximum absolute atomic E-state index is 4.36. The molecule has 0 unspecified atom stereocenters. The summed E-state index contributed by atoms with van der Waals surface area (Å²) in [6.07, 6.45) is 2.96. The van der Waals surface area contributed by atoms with Gasteiger partial charge in [-0.15, -0.1) is 0 Å². The first-order chi connectivity index (χ1) is 9.74. The minimum atomic E-state index is 0.931. The van der Waals surface area contributed by atoms with Gasteiger partial charge in [-0.1, -0.05) is 24.6 Å². The molecule has 0 atom stereocenters. The number of aryl methyl sites for hydroxylation is 1. The van der Waals surface area contributed by atoms with Gasteiger partial charge in [0.15, 0.2) is 0 Å². The van der Waals surface area contributed by atoms with Gasteiger partial charge in [0, 0.05) is 36.7 Å². The van der Waals surface area contributed by atoms with Crippen LogP contribution in [0.1, 0.15) is 25.8 Å². The van der Waals surface area contributed by atoms with Crippen molar-refractivity contribution in [3.05, 3.63) is 48.2 Å². The molecule has 106 valence electrons. The fourth-order valence-corrected chi connectivity index (χ4v) is 2.18. The van der Waals surface area contributed by atoms with Crippen molar-refractivity contribution in [1.82, 2.24) is 4.98 Å². The number of benzene rings is 1. The van der Waals surface area contributed by atoms with Gasteiger partial charge in [-0.2, -0.15) is 0 Å². The van der Waals surface area contributed by atoms with Crippen LogP contribution < -0.4 is 10.2 Å². The zero-order valence-electron chi connectivity index (χ0n) is 12.6. The standard InChI is InChI=1S/C17H23N3/c1-4-11-18-17-13-16(10-12-19-17)20(5-2)15-8-6-14(3)7-9-15/h6-10,12-13H,4-5,11H2,1-3H3,(H,18,19). The van der Waals surface area contributed by atoms with Crippen molar-refractivity contribution < 1.29 is 0 Å². The van der Waals surface area contributed by atoms with Gasteiger partial charge >= 0.3 is 0 Å². The molecule has 3 heteroatoms. The number of hydrogen-bond donors (Lipinski definition) is 1. The topological polar surface area (TPSA) is 28.2 Å². The van der Waals surface area contributed by atoms with Crippen molar-refractivity contribution in [2.75, 3.05) is 23.3 Å². The van der Waals surface area contributed by atoms with Crippen LogP contribution in [0.3, 0.4) is 0 Å². The Morgan fingerprint density at radius 1 is 1.05 bits per heavy atom. The largest absolute Gasteiger partial charge is 0.370 e. The third-order valence-electron chi connectivity index (χ3n) is 3.27. The number of rotatable bonds is 6. The van der Waals surface area contributed by atoms with Crippen LogP contribution in [0, 0.1) is 6.92 Å². The molecule has 3 nitrogen and oxygen atoms in total. The fourth-order valence-electron chi connectivity index (χ4n) is 2.18. The number of nitrogens with zero attached hydrogens (tertiary/aromatic N) is 2. The molecule has 2 aromatic rings. The zero-order chi connectivity index (χ0) is 14.4. The van der Waals surface area contributed by atoms with Crippen LogP contribution in [-0.2, 0) is 0 Å². The lowest BCUT2D eigenvalue weighted by Gasteiger charge is -2.24. The molecule has 1 heterocycles. The second kappa shape index (κ2) is 6.94. The molecular weight excluding hydrogens is 246 g/mol. The molecule has 1 N–H and O–H groups in total. The summed E-state index contributed by atoms with van der Waals surface area (Å²) in [7, 11) is 0. The quantitative estimate of drug-likeness (QED) is 0.844. The second-order valence-corrected chi connectivity index (χ2v) is 4.91. The summed E-state index contributed by atoms with van der Waals surface area (Å²) in [6.45, 7) is 8.31. The molecule has 0 aliphatic carbocycles. The molecule has 0 amide bonds. The van der Waals surface area contributed by atoms with Crippen molar-refractivity contribution >= 4 is 17.2 Å². The first-order valence-corrected chi connectivity index (χ1v) is 7.28. The van der Waals surface area contributed by atoms with Gasteiger partial charge < -0.3 is 10.2 Å². The fraction of sp³-hybridized carbons (Fsp3) is 0.353. The first kappa shape index (κ1) is 14.4. The SMILES string of the molecule is CCCNc1cc(N(CC)c2ccc(C)cc2)ccn1. The monoisotopic (exact) mass is 269 g/mol. The molecule has 0 fully saturated rings. The summed E-state index contributed by atoms with van der Waals surface area (Å²) >= 11 is 0. The molecular formula is C17H23N3. The van der Waals surface area contributed by atoms with Crippen molar-refractivity contribution in [1.29, 1.82) is 0 Å². The summed E-state index contributed by atoms with van der Waals surface area (Å²) in [5.41, 5.74) is 3.67. The minimum Gasteiger partial charge on any atom is -0.370 e. The Labute approximate surface area is 121 Å². The van der Waals surface area contributed by atoms with E-state index in [9.17, 15) is 0 Å². The van der Waals surface area contributed by atoms with E-state index in [-0.39, 0.29) is 0 Å². The highest BCUT2D eigenvalue weighted by Crippen LogP contribution is 2.26. The van der Waals surface area contributed by atoms with E-state index in [2.05, 4.69) is 72.4 Å². The molecule has 0 bridgehead atoms. The highest BCUT2D eigenvalue weighted by atomic mass is 15.1. The number of anilines is 3. The molecule has 0 spiro atoms. The van der Waals surface area contributed by atoms with Gasteiger partial charge in [0.25, 0.3) is 0 Å². The summed E-state index contributed by atoms with van der Waals surface area (Å²) in [5.74, 6) is 0.940. The number of pyridine rings is 1. The van der Waals surface area contributed by atoms with E-state index in [4.69, 9.17) is 0 Å². The average molecular weight is 269 g/mol. The number of hydrogen-bond acceptors (Lipinski definition) is 3. The molecule has 2 rings (SSSR count). The van der Waals surface area contributed by atoms with Crippen LogP contribution in [0.5, 0.6) is 0 Å². The molecule has 0 aliphatic rings. The highest BCUT2D eigenvalue weighted by Gasteiger charge is 2.07. The van der Waals surface area contributed by atoms with E-state index in [1.54, 1.807) is 0 Å². The van der Waals surface area contributed by atoms with Gasteiger partial charge in [0.05, 0.1) is 0 Å². The van der Waals surface area contributed by atoms with E-state index >= 15 is 0 Å². The number of nitrogens with one attached hydrogen (secondary N) is 1. The van der Waals surface area contributed by atoms with Crippen molar-refractivity contribution in [2.45, 2.75) is 27.2 Å². The minimum absolute atomic E-state index is 0.931. The summed E-state index contributed by atoms with van der Waals surface area (Å²) in [4.78, 5) is 6.65. The Kier molecular flexibility index (Phi) is 4.99. The molecule has 0 aliphatic heterocycles. The van der Waals surface area contributed by atoms with Gasteiger partial charge in [-0.3, -0.25) is 0 Å². The Bertz CT molecular complexity index is 534. The predicted octanol–water partition coefficient (Wildman–Crippen LogP) is 4.37. The smallest absolute Gasteiger partial charge is 0.127 e. The third kappa shape index (κ3) is 3.50. The molecule has 20 heavy (non-hydrogen) atoms. The zero-order valence-corrected chi connectivity index (χ0v) is 12.6. The summed E-state index contributed by atoms with van der Waals surface area (Å²) < 4.78 is 0. The summed E-state index contributed by atoms with van der Waals surface area (Å²) in [5, 5.41) is 3.34. The van der Waals surface area contributed by atoms with Gasteiger partial charge in [-0.25, -0.2) is 4.98 Å². The van der Waals surface area contributed by atoms with Crippen LogP contribution in [0.25, 0.3) is 0 Å². The van der Waals surface area contributed by atoms with E-state index < -0.39 is 0 Å². The van der Waals surface area contributed by atoms with E-state index in [1.165, 1.54) is 16.9 Å². The second-order valence-electron chi connectivity index (χ2n) is 4.91. The molecule has 0 saturated carbocycles. The number of aromatic nitrogens is 1. The predicted molar refractivity (Wildman–Crippen MR) is 86.9 cm³/mol. The maximum Gasteiger partial charge on any atom is 0.127 e. The normalized spacial score (nSPS) is 10.3. The Hall–Kier alpha value is -2.03. The lowest BCUT2D eigenvalue weighted by Crippen LogP contribution is -2.16. The molecule has 0 radical (unpaired) electrons. The van der Waals surface area contributed by atoms with Crippen LogP contribution in [0.15, 0.2) is 42.6 Å².